The van der Waals surface area contributed by atoms with Crippen molar-refractivity contribution in [1.29, 1.82) is 0 Å². The summed E-state index contributed by atoms with van der Waals surface area (Å²) in [5.41, 5.74) is 9.53. The van der Waals surface area contributed by atoms with Crippen LogP contribution in [0.15, 0.2) is 42.5 Å². The average Bonchev–Trinajstić information content (AvgIpc) is 3.36. The molecule has 1 heterocycles. The highest BCUT2D eigenvalue weighted by Crippen LogP contribution is 2.45. The van der Waals surface area contributed by atoms with E-state index in [1.54, 1.807) is 7.05 Å². The number of benzene rings is 2. The molecule has 1 aromatic heterocycles. The molecule has 3 aromatic rings. The summed E-state index contributed by atoms with van der Waals surface area (Å²) in [4.78, 5) is 24.3. The van der Waals surface area contributed by atoms with E-state index in [4.69, 9.17) is 17.3 Å². The molecule has 0 bridgehead atoms. The van der Waals surface area contributed by atoms with E-state index in [0.29, 0.717) is 22.9 Å². The van der Waals surface area contributed by atoms with Crippen LogP contribution in [0, 0.1) is 5.82 Å². The molecule has 2 amide bonds. The molecule has 4 N–H and O–H groups in total. The molecule has 0 spiro atoms. The molecule has 1 aliphatic rings. The third-order valence-corrected chi connectivity index (χ3v) is 6.33. The number of halogens is 2. The summed E-state index contributed by atoms with van der Waals surface area (Å²) in [5.74, 6) is -0.397. The summed E-state index contributed by atoms with van der Waals surface area (Å²) in [6.45, 7) is 1.48. The van der Waals surface area contributed by atoms with Gasteiger partial charge in [0.05, 0.1) is 10.7 Å². The van der Waals surface area contributed by atoms with Crippen LogP contribution >= 0.6 is 11.6 Å². The Morgan fingerprint density at radius 2 is 1.76 bits per heavy atom. The normalized spacial score (nSPS) is 17.7. The van der Waals surface area contributed by atoms with Crippen LogP contribution in [-0.2, 0) is 11.8 Å². The predicted octanol–water partition coefficient (Wildman–Crippen LogP) is 5.06. The number of nitrogens with two attached hydrogens (primary N) is 1. The van der Waals surface area contributed by atoms with E-state index >= 15 is 0 Å². The minimum absolute atomic E-state index is 0.0738. The standard InChI is InChI=1S/C24H25ClFN5O2/c1-13(32)28-17-7-5-14(6-8-17)15-3-4-16(11-15)22-21(23(27)31(2)30-22)24(33)29-18-9-10-20(26)19(25)12-18/h5-10,12,15-16H,3-4,11,27H2,1-2H3,(H,28,32)(H,29,33). The molecule has 0 saturated heterocycles. The molecule has 2 aromatic carbocycles. The van der Waals surface area contributed by atoms with E-state index in [2.05, 4.69) is 15.7 Å². The van der Waals surface area contributed by atoms with Crippen molar-refractivity contribution >= 4 is 40.6 Å². The second-order valence-corrected chi connectivity index (χ2v) is 8.77. The third-order valence-electron chi connectivity index (χ3n) is 6.04. The summed E-state index contributed by atoms with van der Waals surface area (Å²) in [6, 6.07) is 11.8. The van der Waals surface area contributed by atoms with Gasteiger partial charge in [0.25, 0.3) is 5.91 Å². The first-order valence-corrected chi connectivity index (χ1v) is 11.1. The number of carbonyl (C=O) groups is 2. The number of nitrogen functional groups attached to an aromatic ring is 1. The van der Waals surface area contributed by atoms with Gasteiger partial charge in [-0.3, -0.25) is 14.3 Å². The van der Waals surface area contributed by atoms with Crippen LogP contribution in [0.5, 0.6) is 0 Å². The maximum atomic E-state index is 13.5. The molecule has 2 atom stereocenters. The van der Waals surface area contributed by atoms with Crippen molar-refractivity contribution in [2.45, 2.75) is 38.0 Å². The average molecular weight is 470 g/mol. The van der Waals surface area contributed by atoms with Crippen molar-refractivity contribution in [3.05, 3.63) is 70.1 Å². The molecule has 1 aliphatic carbocycles. The van der Waals surface area contributed by atoms with E-state index in [9.17, 15) is 14.0 Å². The Hall–Kier alpha value is -3.39. The predicted molar refractivity (Wildman–Crippen MR) is 127 cm³/mol. The number of rotatable bonds is 5. The molecule has 1 fully saturated rings. The lowest BCUT2D eigenvalue weighted by atomic mass is 9.94. The SMILES string of the molecule is CC(=O)Nc1ccc(C2CCC(c3nn(C)c(N)c3C(=O)Nc3ccc(F)c(Cl)c3)C2)cc1. The smallest absolute Gasteiger partial charge is 0.261 e. The van der Waals surface area contributed by atoms with Crippen LogP contribution in [0.25, 0.3) is 0 Å². The molecule has 7 nitrogen and oxygen atoms in total. The van der Waals surface area contributed by atoms with E-state index in [-0.39, 0.29) is 22.7 Å². The first-order chi connectivity index (χ1) is 15.7. The van der Waals surface area contributed by atoms with E-state index in [1.165, 1.54) is 35.4 Å². The number of nitrogens with one attached hydrogen (secondary N) is 2. The zero-order valence-corrected chi connectivity index (χ0v) is 19.1. The highest BCUT2D eigenvalue weighted by molar-refractivity contribution is 6.31. The second kappa shape index (κ2) is 9.23. The van der Waals surface area contributed by atoms with Gasteiger partial charge < -0.3 is 16.4 Å². The summed E-state index contributed by atoms with van der Waals surface area (Å²) in [5, 5.41) is 10.0. The Kier molecular flexibility index (Phi) is 6.37. The van der Waals surface area contributed by atoms with Crippen molar-refractivity contribution in [2.24, 2.45) is 7.05 Å². The Balaban J connectivity index is 1.53. The Bertz CT molecular complexity index is 1210. The van der Waals surface area contributed by atoms with Gasteiger partial charge >= 0.3 is 0 Å². The number of hydrogen-bond donors (Lipinski definition) is 3. The maximum Gasteiger partial charge on any atom is 0.261 e. The lowest BCUT2D eigenvalue weighted by Crippen LogP contribution is -2.16. The molecule has 2 unspecified atom stereocenters. The number of hydrogen-bond acceptors (Lipinski definition) is 4. The van der Waals surface area contributed by atoms with Crippen LogP contribution < -0.4 is 16.4 Å². The first kappa shape index (κ1) is 22.8. The quantitative estimate of drug-likeness (QED) is 0.486. The summed E-state index contributed by atoms with van der Waals surface area (Å²) in [6.07, 6.45) is 2.66. The fourth-order valence-corrected chi connectivity index (χ4v) is 4.60. The van der Waals surface area contributed by atoms with E-state index in [0.717, 1.165) is 24.9 Å². The largest absolute Gasteiger partial charge is 0.383 e. The van der Waals surface area contributed by atoms with Crippen molar-refractivity contribution in [3.8, 4) is 0 Å². The lowest BCUT2D eigenvalue weighted by Gasteiger charge is -2.13. The molecule has 0 aliphatic heterocycles. The molecular formula is C24H25ClFN5O2. The lowest BCUT2D eigenvalue weighted by molar-refractivity contribution is -0.114. The summed E-state index contributed by atoms with van der Waals surface area (Å²) in [7, 11) is 1.71. The highest BCUT2D eigenvalue weighted by Gasteiger charge is 2.33. The number of aromatic nitrogens is 2. The van der Waals surface area contributed by atoms with E-state index in [1.807, 2.05) is 24.3 Å². The summed E-state index contributed by atoms with van der Waals surface area (Å²) >= 11 is 5.83. The fourth-order valence-electron chi connectivity index (χ4n) is 4.42. The van der Waals surface area contributed by atoms with Crippen LogP contribution in [-0.4, -0.2) is 21.6 Å². The van der Waals surface area contributed by atoms with Gasteiger partial charge in [-0.05, 0) is 61.1 Å². The van der Waals surface area contributed by atoms with Gasteiger partial charge in [0.1, 0.15) is 17.2 Å². The van der Waals surface area contributed by atoms with Crippen molar-refractivity contribution in [3.63, 3.8) is 0 Å². The third kappa shape index (κ3) is 4.85. The monoisotopic (exact) mass is 469 g/mol. The number of amides is 2. The maximum absolute atomic E-state index is 13.5. The van der Waals surface area contributed by atoms with Gasteiger partial charge in [-0.2, -0.15) is 5.10 Å². The van der Waals surface area contributed by atoms with Gasteiger partial charge in [0.15, 0.2) is 0 Å². The number of aryl methyl sites for hydroxylation is 1. The number of anilines is 3. The van der Waals surface area contributed by atoms with Gasteiger partial charge in [-0.15, -0.1) is 0 Å². The minimum atomic E-state index is -0.557. The van der Waals surface area contributed by atoms with Gasteiger partial charge in [-0.25, -0.2) is 4.39 Å². The zero-order valence-electron chi connectivity index (χ0n) is 18.4. The Labute approximate surface area is 196 Å². The van der Waals surface area contributed by atoms with Crippen molar-refractivity contribution in [1.82, 2.24) is 9.78 Å². The van der Waals surface area contributed by atoms with E-state index < -0.39 is 11.7 Å². The minimum Gasteiger partial charge on any atom is -0.383 e. The van der Waals surface area contributed by atoms with Crippen molar-refractivity contribution < 1.29 is 14.0 Å². The molecule has 33 heavy (non-hydrogen) atoms. The zero-order chi connectivity index (χ0) is 23.7. The van der Waals surface area contributed by atoms with Gasteiger partial charge in [0, 0.05) is 31.3 Å². The Morgan fingerprint density at radius 1 is 1.09 bits per heavy atom. The molecule has 0 radical (unpaired) electrons. The number of nitrogens with zero attached hydrogens (tertiary/aromatic N) is 2. The molecule has 4 rings (SSSR count). The van der Waals surface area contributed by atoms with Crippen molar-refractivity contribution in [2.75, 3.05) is 16.4 Å². The highest BCUT2D eigenvalue weighted by atomic mass is 35.5. The summed E-state index contributed by atoms with van der Waals surface area (Å²) < 4.78 is 15.0. The van der Waals surface area contributed by atoms with Gasteiger partial charge in [0.2, 0.25) is 5.91 Å². The molecule has 172 valence electrons. The molecule has 1 saturated carbocycles. The van der Waals surface area contributed by atoms with Crippen LogP contribution in [0.2, 0.25) is 5.02 Å². The topological polar surface area (TPSA) is 102 Å². The Morgan fingerprint density at radius 3 is 2.42 bits per heavy atom. The second-order valence-electron chi connectivity index (χ2n) is 8.36. The molecule has 9 heteroatoms. The van der Waals surface area contributed by atoms with Crippen LogP contribution in [0.3, 0.4) is 0 Å². The van der Waals surface area contributed by atoms with Crippen LogP contribution in [0.1, 0.15) is 59.6 Å². The fraction of sp³-hybridized carbons (Fsp3) is 0.292. The van der Waals surface area contributed by atoms with Gasteiger partial charge in [-0.1, -0.05) is 23.7 Å². The molecular weight excluding hydrogens is 445 g/mol. The first-order valence-electron chi connectivity index (χ1n) is 10.7. The number of carbonyl (C=O) groups excluding carboxylic acids is 2. The van der Waals surface area contributed by atoms with Crippen LogP contribution in [0.4, 0.5) is 21.6 Å².